The molecule has 90 valence electrons. The Morgan fingerprint density at radius 1 is 1.00 bits per heavy atom. The first-order valence-corrected chi connectivity index (χ1v) is 6.19. The highest BCUT2D eigenvalue weighted by Gasteiger charge is 2.17. The van der Waals surface area contributed by atoms with Gasteiger partial charge in [-0.15, -0.1) is 6.42 Å². The van der Waals surface area contributed by atoms with Gasteiger partial charge in [-0.1, -0.05) is 48.4 Å². The fourth-order valence-corrected chi connectivity index (χ4v) is 2.06. The van der Waals surface area contributed by atoms with Gasteiger partial charge in [0.1, 0.15) is 0 Å². The third-order valence-electron chi connectivity index (χ3n) is 3.40. The molecule has 0 bridgehead atoms. The second-order valence-corrected chi connectivity index (χ2v) is 5.17. The summed E-state index contributed by atoms with van der Waals surface area (Å²) in [4.78, 5) is 0. The second kappa shape index (κ2) is 4.70. The minimum Gasteiger partial charge on any atom is -0.119 e. The Balaban J connectivity index is 2.53. The Morgan fingerprint density at radius 2 is 1.72 bits per heavy atom. The molecule has 0 aliphatic heterocycles. The molecular formula is C18H18. The van der Waals surface area contributed by atoms with Gasteiger partial charge in [0.2, 0.25) is 0 Å². The number of aryl methyl sites for hydroxylation is 1. The molecule has 0 atom stereocenters. The zero-order valence-corrected chi connectivity index (χ0v) is 11.2. The van der Waals surface area contributed by atoms with Crippen molar-refractivity contribution in [2.24, 2.45) is 0 Å². The lowest BCUT2D eigenvalue weighted by atomic mass is 9.84. The molecule has 0 nitrogen and oxygen atoms in total. The highest BCUT2D eigenvalue weighted by atomic mass is 14.2. The van der Waals surface area contributed by atoms with Gasteiger partial charge in [0.25, 0.3) is 0 Å². The molecule has 2 aromatic rings. The van der Waals surface area contributed by atoms with Crippen molar-refractivity contribution in [3.8, 4) is 23.5 Å². The topological polar surface area (TPSA) is 0 Å². The molecular weight excluding hydrogens is 216 g/mol. The number of hydrogen-bond acceptors (Lipinski definition) is 0. The maximum absolute atomic E-state index is 5.61. The maximum atomic E-state index is 5.61. The van der Waals surface area contributed by atoms with Crippen LogP contribution in [-0.4, -0.2) is 0 Å². The van der Waals surface area contributed by atoms with E-state index in [1.807, 2.05) is 0 Å². The van der Waals surface area contributed by atoms with E-state index in [0.29, 0.717) is 0 Å². The van der Waals surface area contributed by atoms with Gasteiger partial charge in [-0.2, -0.15) is 0 Å². The van der Waals surface area contributed by atoms with Gasteiger partial charge in [-0.3, -0.25) is 0 Å². The van der Waals surface area contributed by atoms with Crippen molar-refractivity contribution in [2.75, 3.05) is 0 Å². The molecule has 0 aliphatic carbocycles. The summed E-state index contributed by atoms with van der Waals surface area (Å²) in [5.41, 5.74) is 4.75. The summed E-state index contributed by atoms with van der Waals surface area (Å²) in [6.07, 6.45) is 5.61. The fourth-order valence-electron chi connectivity index (χ4n) is 2.06. The Labute approximate surface area is 110 Å². The van der Waals surface area contributed by atoms with Crippen molar-refractivity contribution < 1.29 is 0 Å². The van der Waals surface area contributed by atoms with Crippen LogP contribution in [0.25, 0.3) is 11.1 Å². The molecule has 2 rings (SSSR count). The van der Waals surface area contributed by atoms with Crippen LogP contribution in [0.4, 0.5) is 0 Å². The summed E-state index contributed by atoms with van der Waals surface area (Å²) in [5.74, 6) is 2.85. The van der Waals surface area contributed by atoms with Crippen LogP contribution in [-0.2, 0) is 5.41 Å². The lowest BCUT2D eigenvalue weighted by Crippen LogP contribution is -2.13. The summed E-state index contributed by atoms with van der Waals surface area (Å²) >= 11 is 0. The summed E-state index contributed by atoms with van der Waals surface area (Å²) in [6.45, 7) is 6.28. The summed E-state index contributed by atoms with van der Waals surface area (Å²) < 4.78 is 0. The molecule has 0 spiro atoms. The minimum absolute atomic E-state index is 0.224. The Kier molecular flexibility index (Phi) is 3.26. The van der Waals surface area contributed by atoms with Crippen molar-refractivity contribution >= 4 is 0 Å². The third-order valence-corrected chi connectivity index (χ3v) is 3.40. The highest BCUT2D eigenvalue weighted by molar-refractivity contribution is 5.68. The van der Waals surface area contributed by atoms with E-state index in [9.17, 15) is 0 Å². The number of benzene rings is 2. The standard InChI is InChI=1S/C18H18/c1-5-18(3,4)16-11-8-10-15(13-16)17-12-7-6-9-14(17)2/h1,6-13H,2-4H3. The zero-order chi connectivity index (χ0) is 13.2. The summed E-state index contributed by atoms with van der Waals surface area (Å²) in [7, 11) is 0. The smallest absolute Gasteiger partial charge is 0.0504 e. The average Bonchev–Trinajstić information content (AvgIpc) is 2.39. The van der Waals surface area contributed by atoms with Gasteiger partial charge in [-0.25, -0.2) is 0 Å². The van der Waals surface area contributed by atoms with Gasteiger partial charge < -0.3 is 0 Å². The second-order valence-electron chi connectivity index (χ2n) is 5.17. The van der Waals surface area contributed by atoms with Gasteiger partial charge in [0.15, 0.2) is 0 Å². The monoisotopic (exact) mass is 234 g/mol. The molecule has 2 aromatic carbocycles. The van der Waals surface area contributed by atoms with Gasteiger partial charge in [0.05, 0.1) is 5.41 Å². The Hall–Kier alpha value is -2.00. The van der Waals surface area contributed by atoms with Gasteiger partial charge in [0, 0.05) is 0 Å². The van der Waals surface area contributed by atoms with Crippen molar-refractivity contribution in [1.29, 1.82) is 0 Å². The van der Waals surface area contributed by atoms with Crippen molar-refractivity contribution in [2.45, 2.75) is 26.2 Å². The molecule has 0 N–H and O–H groups in total. The molecule has 0 saturated carbocycles. The quantitative estimate of drug-likeness (QED) is 0.667. The first kappa shape index (κ1) is 12.5. The normalized spacial score (nSPS) is 11.0. The van der Waals surface area contributed by atoms with E-state index in [0.717, 1.165) is 0 Å². The number of terminal acetylenes is 1. The van der Waals surface area contributed by atoms with E-state index in [2.05, 4.69) is 75.2 Å². The van der Waals surface area contributed by atoms with Crippen LogP contribution in [0.2, 0.25) is 0 Å². The van der Waals surface area contributed by atoms with Crippen molar-refractivity contribution in [3.63, 3.8) is 0 Å². The predicted octanol–water partition coefficient (Wildman–Crippen LogP) is 4.57. The Bertz CT molecular complexity index is 597. The van der Waals surface area contributed by atoms with Crippen molar-refractivity contribution in [3.05, 3.63) is 59.7 Å². The molecule has 0 unspecified atom stereocenters. The van der Waals surface area contributed by atoms with Crippen LogP contribution in [0.3, 0.4) is 0 Å². The van der Waals surface area contributed by atoms with Crippen LogP contribution in [0.1, 0.15) is 25.0 Å². The zero-order valence-electron chi connectivity index (χ0n) is 11.2. The van der Waals surface area contributed by atoms with E-state index in [-0.39, 0.29) is 5.41 Å². The average molecular weight is 234 g/mol. The molecule has 0 aliphatic rings. The molecule has 0 amide bonds. The van der Waals surface area contributed by atoms with E-state index < -0.39 is 0 Å². The van der Waals surface area contributed by atoms with Crippen molar-refractivity contribution in [1.82, 2.24) is 0 Å². The molecule has 0 saturated heterocycles. The van der Waals surface area contributed by atoms with Crippen LogP contribution < -0.4 is 0 Å². The molecule has 18 heavy (non-hydrogen) atoms. The van der Waals surface area contributed by atoms with Gasteiger partial charge in [-0.05, 0) is 49.1 Å². The highest BCUT2D eigenvalue weighted by Crippen LogP contribution is 2.28. The van der Waals surface area contributed by atoms with Crippen LogP contribution >= 0.6 is 0 Å². The predicted molar refractivity (Wildman–Crippen MR) is 78.5 cm³/mol. The van der Waals surface area contributed by atoms with Crippen LogP contribution in [0, 0.1) is 19.3 Å². The maximum Gasteiger partial charge on any atom is 0.0504 e. The van der Waals surface area contributed by atoms with Crippen LogP contribution in [0.5, 0.6) is 0 Å². The largest absolute Gasteiger partial charge is 0.119 e. The first-order chi connectivity index (χ1) is 8.54. The number of hydrogen-bond donors (Lipinski definition) is 0. The van der Waals surface area contributed by atoms with E-state index >= 15 is 0 Å². The first-order valence-electron chi connectivity index (χ1n) is 6.19. The van der Waals surface area contributed by atoms with E-state index in [1.165, 1.54) is 22.3 Å². The molecule has 0 heteroatoms. The summed E-state index contributed by atoms with van der Waals surface area (Å²) in [6, 6.07) is 16.9. The minimum atomic E-state index is -0.224. The Morgan fingerprint density at radius 3 is 2.39 bits per heavy atom. The molecule has 0 radical (unpaired) electrons. The van der Waals surface area contributed by atoms with Crippen LogP contribution in [0.15, 0.2) is 48.5 Å². The van der Waals surface area contributed by atoms with E-state index in [1.54, 1.807) is 0 Å². The summed E-state index contributed by atoms with van der Waals surface area (Å²) in [5, 5.41) is 0. The molecule has 0 heterocycles. The lowest BCUT2D eigenvalue weighted by molar-refractivity contribution is 0.699. The van der Waals surface area contributed by atoms with Gasteiger partial charge >= 0.3 is 0 Å². The van der Waals surface area contributed by atoms with E-state index in [4.69, 9.17) is 6.42 Å². The molecule has 0 aromatic heterocycles. The third kappa shape index (κ3) is 2.31. The fraction of sp³-hybridized carbons (Fsp3) is 0.222. The number of rotatable bonds is 2. The SMILES string of the molecule is C#CC(C)(C)c1cccc(-c2ccccc2C)c1. The molecule has 0 fully saturated rings. The lowest BCUT2D eigenvalue weighted by Gasteiger charge is -2.19.